The molecule has 4 nitrogen and oxygen atoms in total. The van der Waals surface area contributed by atoms with Crippen LogP contribution in [0.15, 0.2) is 29.1 Å². The van der Waals surface area contributed by atoms with Gasteiger partial charge in [0.1, 0.15) is 5.52 Å². The van der Waals surface area contributed by atoms with Gasteiger partial charge >= 0.3 is 5.69 Å². The van der Waals surface area contributed by atoms with Crippen LogP contribution in [0.5, 0.6) is 0 Å². The van der Waals surface area contributed by atoms with Crippen molar-refractivity contribution in [3.63, 3.8) is 0 Å². The summed E-state index contributed by atoms with van der Waals surface area (Å²) in [6.45, 7) is 0. The lowest BCUT2D eigenvalue weighted by Crippen LogP contribution is -2.21. The fourth-order valence-corrected chi connectivity index (χ4v) is 1.84. The minimum absolute atomic E-state index is 0.292. The Morgan fingerprint density at radius 2 is 1.86 bits per heavy atom. The fraction of sp³-hybridized carbons (Fsp3) is 0.300. The summed E-state index contributed by atoms with van der Waals surface area (Å²) < 4.78 is 2.41. The molecule has 1 N–H and O–H groups in total. The van der Waals surface area contributed by atoms with Crippen LogP contribution in [0.2, 0.25) is 0 Å². The molecule has 3 rings (SSSR count). The Hall–Kier alpha value is -1.71. The molecule has 1 aromatic carbocycles. The Morgan fingerprint density at radius 1 is 1.21 bits per heavy atom. The van der Waals surface area contributed by atoms with Crippen LogP contribution in [-0.2, 0) is 0 Å². The second kappa shape index (κ2) is 2.41. The van der Waals surface area contributed by atoms with E-state index in [1.807, 2.05) is 18.2 Å². The summed E-state index contributed by atoms with van der Waals surface area (Å²) in [6, 6.07) is 7.59. The average Bonchev–Trinajstić information content (AvgIpc) is 2.99. The monoisotopic (exact) mass is 190 g/mol. The van der Waals surface area contributed by atoms with Gasteiger partial charge in [-0.15, -0.1) is 4.73 Å². The molecule has 1 aromatic heterocycles. The average molecular weight is 190 g/mol. The van der Waals surface area contributed by atoms with E-state index in [2.05, 4.69) is 0 Å². The van der Waals surface area contributed by atoms with E-state index < -0.39 is 0 Å². The number of nitrogens with zero attached hydrogens (tertiary/aromatic N) is 2. The van der Waals surface area contributed by atoms with Gasteiger partial charge in [0.15, 0.2) is 0 Å². The maximum Gasteiger partial charge on any atom is 0.362 e. The van der Waals surface area contributed by atoms with E-state index in [1.54, 1.807) is 10.6 Å². The van der Waals surface area contributed by atoms with Gasteiger partial charge in [-0.1, -0.05) is 12.1 Å². The van der Waals surface area contributed by atoms with Gasteiger partial charge in [-0.3, -0.25) is 4.57 Å². The molecule has 2 aromatic rings. The van der Waals surface area contributed by atoms with Crippen molar-refractivity contribution in [2.75, 3.05) is 0 Å². The highest BCUT2D eigenvalue weighted by Gasteiger charge is 2.28. The van der Waals surface area contributed by atoms with Crippen LogP contribution in [0, 0.1) is 0 Å². The summed E-state index contributed by atoms with van der Waals surface area (Å²) in [6.07, 6.45) is 2.07. The SMILES string of the molecule is O=c1n(O)c2ccccc2n1C1CC1. The summed E-state index contributed by atoms with van der Waals surface area (Å²) in [7, 11) is 0. The zero-order chi connectivity index (χ0) is 9.71. The lowest BCUT2D eigenvalue weighted by molar-refractivity contribution is 0.184. The smallest absolute Gasteiger partial charge is 0.362 e. The first kappa shape index (κ1) is 7.67. The summed E-state index contributed by atoms with van der Waals surface area (Å²) in [4.78, 5) is 11.6. The van der Waals surface area contributed by atoms with E-state index in [9.17, 15) is 10.0 Å². The topological polar surface area (TPSA) is 47.2 Å². The second-order valence-electron chi connectivity index (χ2n) is 3.68. The Balaban J connectivity index is 2.47. The molecule has 1 aliphatic carbocycles. The molecule has 0 bridgehead atoms. The standard InChI is InChI=1S/C10H10N2O2/c13-10-11(7-5-6-7)8-3-1-2-4-9(8)12(10)14/h1-4,7,14H,5-6H2. The highest BCUT2D eigenvalue weighted by molar-refractivity contribution is 5.75. The van der Waals surface area contributed by atoms with Crippen LogP contribution < -0.4 is 5.69 Å². The quantitative estimate of drug-likeness (QED) is 0.690. The van der Waals surface area contributed by atoms with Crippen molar-refractivity contribution in [2.24, 2.45) is 0 Å². The minimum atomic E-state index is -0.325. The number of fused-ring (bicyclic) bond motifs is 1. The number of aromatic nitrogens is 2. The molecule has 4 heteroatoms. The maximum absolute atomic E-state index is 11.6. The zero-order valence-electron chi connectivity index (χ0n) is 7.55. The van der Waals surface area contributed by atoms with Gasteiger partial charge < -0.3 is 5.21 Å². The number of hydrogen-bond acceptors (Lipinski definition) is 2. The van der Waals surface area contributed by atoms with Crippen molar-refractivity contribution < 1.29 is 5.21 Å². The molecule has 1 saturated carbocycles. The Labute approximate surface area is 80.0 Å². The summed E-state index contributed by atoms with van der Waals surface area (Å²) >= 11 is 0. The molecule has 0 unspecified atom stereocenters. The maximum atomic E-state index is 11.6. The lowest BCUT2D eigenvalue weighted by Gasteiger charge is -1.96. The van der Waals surface area contributed by atoms with Crippen molar-refractivity contribution in [1.29, 1.82) is 0 Å². The Bertz CT molecular complexity index is 549. The number of rotatable bonds is 1. The molecule has 0 atom stereocenters. The van der Waals surface area contributed by atoms with E-state index in [0.29, 0.717) is 11.6 Å². The zero-order valence-corrected chi connectivity index (χ0v) is 7.55. The molecule has 0 amide bonds. The van der Waals surface area contributed by atoms with Crippen molar-refractivity contribution in [2.45, 2.75) is 18.9 Å². The first-order chi connectivity index (χ1) is 6.79. The third kappa shape index (κ3) is 0.852. The van der Waals surface area contributed by atoms with E-state index in [4.69, 9.17) is 0 Å². The Kier molecular flexibility index (Phi) is 1.32. The lowest BCUT2D eigenvalue weighted by atomic mass is 10.3. The largest absolute Gasteiger partial charge is 0.424 e. The van der Waals surface area contributed by atoms with Crippen LogP contribution >= 0.6 is 0 Å². The molecule has 1 heterocycles. The first-order valence-corrected chi connectivity index (χ1v) is 4.70. The van der Waals surface area contributed by atoms with Crippen LogP contribution in [-0.4, -0.2) is 14.5 Å². The van der Waals surface area contributed by atoms with Gasteiger partial charge in [-0.2, -0.15) is 0 Å². The van der Waals surface area contributed by atoms with Gasteiger partial charge in [-0.05, 0) is 25.0 Å². The van der Waals surface area contributed by atoms with Gasteiger partial charge in [0.2, 0.25) is 0 Å². The summed E-state index contributed by atoms with van der Waals surface area (Å²) in [5.74, 6) is 0. The second-order valence-corrected chi connectivity index (χ2v) is 3.68. The molecule has 1 aliphatic rings. The fourth-order valence-electron chi connectivity index (χ4n) is 1.84. The minimum Gasteiger partial charge on any atom is -0.424 e. The number of para-hydroxylation sites is 2. The third-order valence-corrected chi connectivity index (χ3v) is 2.67. The van der Waals surface area contributed by atoms with E-state index >= 15 is 0 Å². The van der Waals surface area contributed by atoms with Crippen LogP contribution in [0.1, 0.15) is 18.9 Å². The van der Waals surface area contributed by atoms with E-state index in [-0.39, 0.29) is 5.69 Å². The molecule has 72 valence electrons. The summed E-state index contributed by atoms with van der Waals surface area (Å²) in [5, 5.41) is 9.54. The predicted octanol–water partition coefficient (Wildman–Crippen LogP) is 1.38. The van der Waals surface area contributed by atoms with Crippen LogP contribution in [0.3, 0.4) is 0 Å². The van der Waals surface area contributed by atoms with E-state index in [1.165, 1.54) is 0 Å². The first-order valence-electron chi connectivity index (χ1n) is 4.70. The van der Waals surface area contributed by atoms with Crippen molar-refractivity contribution >= 4 is 11.0 Å². The van der Waals surface area contributed by atoms with Crippen molar-refractivity contribution in [1.82, 2.24) is 9.30 Å². The number of hydrogen-bond donors (Lipinski definition) is 1. The molecule has 0 saturated heterocycles. The highest BCUT2D eigenvalue weighted by atomic mass is 16.5. The van der Waals surface area contributed by atoms with Crippen LogP contribution in [0.25, 0.3) is 11.0 Å². The van der Waals surface area contributed by atoms with Crippen molar-refractivity contribution in [3.05, 3.63) is 34.7 Å². The molecule has 0 radical (unpaired) electrons. The molecular weight excluding hydrogens is 180 g/mol. The Morgan fingerprint density at radius 3 is 2.50 bits per heavy atom. The molecule has 14 heavy (non-hydrogen) atoms. The molecule has 1 fully saturated rings. The van der Waals surface area contributed by atoms with Crippen LogP contribution in [0.4, 0.5) is 0 Å². The third-order valence-electron chi connectivity index (χ3n) is 2.67. The highest BCUT2D eigenvalue weighted by Crippen LogP contribution is 2.35. The number of benzene rings is 1. The molecule has 0 aliphatic heterocycles. The van der Waals surface area contributed by atoms with Gasteiger partial charge in [0.25, 0.3) is 0 Å². The number of imidazole rings is 1. The van der Waals surface area contributed by atoms with Gasteiger partial charge in [0, 0.05) is 6.04 Å². The molecular formula is C10H10N2O2. The normalized spacial score (nSPS) is 16.3. The predicted molar refractivity (Wildman–Crippen MR) is 51.7 cm³/mol. The van der Waals surface area contributed by atoms with Crippen molar-refractivity contribution in [3.8, 4) is 0 Å². The van der Waals surface area contributed by atoms with Gasteiger partial charge in [0.05, 0.1) is 5.52 Å². The summed E-state index contributed by atoms with van der Waals surface area (Å²) in [5.41, 5.74) is 1.08. The van der Waals surface area contributed by atoms with E-state index in [0.717, 1.165) is 23.1 Å². The molecule has 0 spiro atoms. The van der Waals surface area contributed by atoms with Gasteiger partial charge in [-0.25, -0.2) is 4.79 Å².